The van der Waals surface area contributed by atoms with E-state index in [4.69, 9.17) is 9.84 Å². The molecule has 78 valence electrons. The van der Waals surface area contributed by atoms with Crippen LogP contribution in [0, 0.1) is 0 Å². The highest BCUT2D eigenvalue weighted by molar-refractivity contribution is 5.38. The standard InChI is InChI=1S/C9H10F2O3/c1-13-7-2-6(5-12)3-8(4-7)14-9(10)11/h2-4,9,12H,5H2,1H3. The Labute approximate surface area is 79.9 Å². The molecular formula is C9H10F2O3. The zero-order chi connectivity index (χ0) is 10.6. The lowest BCUT2D eigenvalue weighted by atomic mass is 10.2. The fourth-order valence-electron chi connectivity index (χ4n) is 1.01. The number of aliphatic hydroxyl groups excluding tert-OH is 1. The highest BCUT2D eigenvalue weighted by atomic mass is 19.3. The third kappa shape index (κ3) is 2.85. The van der Waals surface area contributed by atoms with Crippen molar-refractivity contribution in [1.29, 1.82) is 0 Å². The van der Waals surface area contributed by atoms with Crippen LogP contribution in [-0.4, -0.2) is 18.8 Å². The molecule has 0 aliphatic rings. The Balaban J connectivity index is 2.92. The molecule has 0 amide bonds. The minimum atomic E-state index is -2.88. The predicted molar refractivity (Wildman–Crippen MR) is 45.5 cm³/mol. The van der Waals surface area contributed by atoms with E-state index in [9.17, 15) is 8.78 Å². The van der Waals surface area contributed by atoms with Gasteiger partial charge in [0.1, 0.15) is 11.5 Å². The van der Waals surface area contributed by atoms with Gasteiger partial charge in [-0.1, -0.05) is 0 Å². The average Bonchev–Trinajstić information content (AvgIpc) is 2.16. The maximum Gasteiger partial charge on any atom is 0.387 e. The van der Waals surface area contributed by atoms with E-state index >= 15 is 0 Å². The van der Waals surface area contributed by atoms with Crippen LogP contribution in [0.4, 0.5) is 8.78 Å². The first-order chi connectivity index (χ1) is 6.65. The van der Waals surface area contributed by atoms with Crippen LogP contribution in [0.3, 0.4) is 0 Å². The molecule has 0 saturated heterocycles. The Morgan fingerprint density at radius 2 is 1.93 bits per heavy atom. The van der Waals surface area contributed by atoms with E-state index in [1.807, 2.05) is 0 Å². The molecule has 1 aromatic carbocycles. The van der Waals surface area contributed by atoms with Gasteiger partial charge in [-0.05, 0) is 17.7 Å². The third-order valence-corrected chi connectivity index (χ3v) is 1.58. The minimum absolute atomic E-state index is 0.0246. The molecule has 0 atom stereocenters. The Morgan fingerprint density at radius 1 is 1.29 bits per heavy atom. The number of hydrogen-bond donors (Lipinski definition) is 1. The summed E-state index contributed by atoms with van der Waals surface area (Å²) >= 11 is 0. The summed E-state index contributed by atoms with van der Waals surface area (Å²) < 4.78 is 32.8. The molecule has 0 unspecified atom stereocenters. The Hall–Kier alpha value is -1.36. The van der Waals surface area contributed by atoms with E-state index in [-0.39, 0.29) is 12.4 Å². The van der Waals surface area contributed by atoms with Crippen LogP contribution in [0.5, 0.6) is 11.5 Å². The van der Waals surface area contributed by atoms with Gasteiger partial charge in [0.25, 0.3) is 0 Å². The second-order valence-corrected chi connectivity index (χ2v) is 2.55. The molecule has 1 N–H and O–H groups in total. The molecule has 0 radical (unpaired) electrons. The van der Waals surface area contributed by atoms with Gasteiger partial charge in [0.05, 0.1) is 13.7 Å². The molecule has 0 aliphatic heterocycles. The summed E-state index contributed by atoms with van der Waals surface area (Å²) in [5.41, 5.74) is 0.458. The van der Waals surface area contributed by atoms with Gasteiger partial charge in [0.2, 0.25) is 0 Å². The maximum absolute atomic E-state index is 11.9. The summed E-state index contributed by atoms with van der Waals surface area (Å²) in [6, 6.07) is 4.19. The van der Waals surface area contributed by atoms with Crippen LogP contribution < -0.4 is 9.47 Å². The average molecular weight is 204 g/mol. The second kappa shape index (κ2) is 4.76. The number of ether oxygens (including phenoxy) is 2. The summed E-state index contributed by atoms with van der Waals surface area (Å²) in [4.78, 5) is 0. The summed E-state index contributed by atoms with van der Waals surface area (Å²) in [7, 11) is 1.41. The normalized spacial score (nSPS) is 10.4. The van der Waals surface area contributed by atoms with Crippen LogP contribution in [0.15, 0.2) is 18.2 Å². The zero-order valence-electron chi connectivity index (χ0n) is 7.54. The van der Waals surface area contributed by atoms with Crippen molar-refractivity contribution in [1.82, 2.24) is 0 Å². The predicted octanol–water partition coefficient (Wildman–Crippen LogP) is 1.79. The van der Waals surface area contributed by atoms with E-state index in [0.29, 0.717) is 11.3 Å². The van der Waals surface area contributed by atoms with Crippen molar-refractivity contribution in [2.45, 2.75) is 13.2 Å². The minimum Gasteiger partial charge on any atom is -0.497 e. The Bertz CT molecular complexity index is 280. The van der Waals surface area contributed by atoms with Gasteiger partial charge in [-0.25, -0.2) is 0 Å². The van der Waals surface area contributed by atoms with Gasteiger partial charge < -0.3 is 14.6 Å². The first kappa shape index (κ1) is 10.7. The van der Waals surface area contributed by atoms with Crippen molar-refractivity contribution >= 4 is 0 Å². The van der Waals surface area contributed by atoms with Crippen LogP contribution >= 0.6 is 0 Å². The SMILES string of the molecule is COc1cc(CO)cc(OC(F)F)c1. The first-order valence-corrected chi connectivity index (χ1v) is 3.89. The highest BCUT2D eigenvalue weighted by Gasteiger charge is 2.07. The van der Waals surface area contributed by atoms with E-state index in [1.54, 1.807) is 6.07 Å². The van der Waals surface area contributed by atoms with Crippen LogP contribution in [0.25, 0.3) is 0 Å². The zero-order valence-corrected chi connectivity index (χ0v) is 7.54. The lowest BCUT2D eigenvalue weighted by Crippen LogP contribution is -2.02. The second-order valence-electron chi connectivity index (χ2n) is 2.55. The quantitative estimate of drug-likeness (QED) is 0.812. The largest absolute Gasteiger partial charge is 0.497 e. The number of rotatable bonds is 4. The number of methoxy groups -OCH3 is 1. The molecule has 3 nitrogen and oxygen atoms in total. The molecule has 0 heterocycles. The van der Waals surface area contributed by atoms with Crippen molar-refractivity contribution in [3.63, 3.8) is 0 Å². The third-order valence-electron chi connectivity index (χ3n) is 1.58. The summed E-state index contributed by atoms with van der Waals surface area (Å²) in [5, 5.41) is 8.82. The number of hydrogen-bond acceptors (Lipinski definition) is 3. The number of aliphatic hydroxyl groups is 1. The van der Waals surface area contributed by atoms with Gasteiger partial charge in [-0.2, -0.15) is 8.78 Å². The van der Waals surface area contributed by atoms with Crippen molar-refractivity contribution in [3.8, 4) is 11.5 Å². The number of halogens is 2. The maximum atomic E-state index is 11.9. The molecular weight excluding hydrogens is 194 g/mol. The van der Waals surface area contributed by atoms with Crippen LogP contribution in [0.1, 0.15) is 5.56 Å². The molecule has 0 spiro atoms. The van der Waals surface area contributed by atoms with Gasteiger partial charge in [0.15, 0.2) is 0 Å². The van der Waals surface area contributed by atoms with Gasteiger partial charge >= 0.3 is 6.61 Å². The van der Waals surface area contributed by atoms with Gasteiger partial charge in [0, 0.05) is 6.07 Å². The molecule has 0 aliphatic carbocycles. The lowest BCUT2D eigenvalue weighted by molar-refractivity contribution is -0.0500. The first-order valence-electron chi connectivity index (χ1n) is 3.89. The number of benzene rings is 1. The fourth-order valence-corrected chi connectivity index (χ4v) is 1.01. The van der Waals surface area contributed by atoms with Crippen molar-refractivity contribution in [2.24, 2.45) is 0 Å². The molecule has 1 aromatic rings. The van der Waals surface area contributed by atoms with Gasteiger partial charge in [-0.15, -0.1) is 0 Å². The molecule has 0 saturated carbocycles. The molecule has 0 aromatic heterocycles. The molecule has 0 bridgehead atoms. The molecule has 14 heavy (non-hydrogen) atoms. The number of alkyl halides is 2. The van der Waals surface area contributed by atoms with Crippen LogP contribution in [0.2, 0.25) is 0 Å². The highest BCUT2D eigenvalue weighted by Crippen LogP contribution is 2.23. The monoisotopic (exact) mass is 204 g/mol. The molecule has 1 rings (SSSR count). The topological polar surface area (TPSA) is 38.7 Å². The summed E-state index contributed by atoms with van der Waals surface area (Å²) in [6.07, 6.45) is 0. The Kier molecular flexibility index (Phi) is 3.64. The van der Waals surface area contributed by atoms with E-state index in [1.165, 1.54) is 19.2 Å². The van der Waals surface area contributed by atoms with E-state index in [0.717, 1.165) is 0 Å². The van der Waals surface area contributed by atoms with Crippen molar-refractivity contribution < 1.29 is 23.4 Å². The molecule has 5 heteroatoms. The van der Waals surface area contributed by atoms with Crippen molar-refractivity contribution in [3.05, 3.63) is 23.8 Å². The van der Waals surface area contributed by atoms with E-state index in [2.05, 4.69) is 4.74 Å². The summed E-state index contributed by atoms with van der Waals surface area (Å²) in [5.74, 6) is 0.343. The lowest BCUT2D eigenvalue weighted by Gasteiger charge is -2.08. The molecule has 0 fully saturated rings. The van der Waals surface area contributed by atoms with Crippen LogP contribution in [-0.2, 0) is 6.61 Å². The fraction of sp³-hybridized carbons (Fsp3) is 0.333. The smallest absolute Gasteiger partial charge is 0.387 e. The van der Waals surface area contributed by atoms with Gasteiger partial charge in [-0.3, -0.25) is 0 Å². The van der Waals surface area contributed by atoms with Crippen molar-refractivity contribution in [2.75, 3.05) is 7.11 Å². The van der Waals surface area contributed by atoms with E-state index < -0.39 is 6.61 Å². The summed E-state index contributed by atoms with van der Waals surface area (Å²) in [6.45, 7) is -3.13. The Morgan fingerprint density at radius 3 is 2.43 bits per heavy atom.